The molecule has 0 fully saturated rings. The van der Waals surface area contributed by atoms with Crippen LogP contribution in [0.25, 0.3) is 0 Å². The molecule has 192 valence electrons. The van der Waals surface area contributed by atoms with Crippen LogP contribution in [0, 0.1) is 35.5 Å². The number of hydrogen-bond acceptors (Lipinski definition) is 0. The zero-order chi connectivity index (χ0) is 25.7. The second-order valence-electron chi connectivity index (χ2n) is 12.3. The summed E-state index contributed by atoms with van der Waals surface area (Å²) in [5.41, 5.74) is 3.10. The highest BCUT2D eigenvalue weighted by molar-refractivity contribution is 4.99. The van der Waals surface area contributed by atoms with Gasteiger partial charge >= 0.3 is 0 Å². The van der Waals surface area contributed by atoms with Crippen LogP contribution >= 0.6 is 0 Å². The van der Waals surface area contributed by atoms with Crippen molar-refractivity contribution in [3.63, 3.8) is 0 Å². The summed E-state index contributed by atoms with van der Waals surface area (Å²) in [5.74, 6) is 4.83. The predicted molar refractivity (Wildman–Crippen MR) is 153 cm³/mol. The van der Waals surface area contributed by atoms with Gasteiger partial charge < -0.3 is 0 Å². The van der Waals surface area contributed by atoms with E-state index in [1.165, 1.54) is 38.5 Å². The molecule has 0 saturated carbocycles. The Morgan fingerprint density at radius 3 is 0.844 bits per heavy atom. The lowest BCUT2D eigenvalue weighted by atomic mass is 10.0. The Kier molecular flexibility index (Phi) is 26.2. The lowest BCUT2D eigenvalue weighted by Crippen LogP contribution is -1.89. The van der Waals surface area contributed by atoms with Crippen molar-refractivity contribution >= 4 is 0 Å². The third-order valence-corrected chi connectivity index (χ3v) is 4.72. The molecule has 0 bridgehead atoms. The third kappa shape index (κ3) is 39.7. The normalized spacial score (nSPS) is 12.9. The first kappa shape index (κ1) is 35.8. The number of allylic oxidation sites excluding steroid dienone is 6. The van der Waals surface area contributed by atoms with Crippen LogP contribution in [-0.2, 0) is 0 Å². The van der Waals surface area contributed by atoms with E-state index in [1.54, 1.807) is 11.1 Å². The van der Waals surface area contributed by atoms with Gasteiger partial charge in [-0.25, -0.2) is 0 Å². The van der Waals surface area contributed by atoms with Crippen molar-refractivity contribution in [2.75, 3.05) is 0 Å². The van der Waals surface area contributed by atoms with Gasteiger partial charge in [-0.15, -0.1) is 0 Å². The predicted octanol–water partition coefficient (Wildman–Crippen LogP) is 11.7. The van der Waals surface area contributed by atoms with Crippen LogP contribution in [-0.4, -0.2) is 0 Å². The van der Waals surface area contributed by atoms with E-state index >= 15 is 0 Å². The Labute approximate surface area is 206 Å². The summed E-state index contributed by atoms with van der Waals surface area (Å²) in [4.78, 5) is 0. The Bertz CT molecular complexity index is 422. The van der Waals surface area contributed by atoms with E-state index in [0.717, 1.165) is 35.5 Å². The van der Waals surface area contributed by atoms with Gasteiger partial charge in [0.2, 0.25) is 0 Å². The molecular weight excluding hydrogens is 384 g/mol. The zero-order valence-corrected chi connectivity index (χ0v) is 25.0. The molecule has 0 unspecified atom stereocenters. The Morgan fingerprint density at radius 1 is 0.406 bits per heavy atom. The van der Waals surface area contributed by atoms with Crippen molar-refractivity contribution in [2.24, 2.45) is 35.5 Å². The summed E-state index contributed by atoms with van der Waals surface area (Å²) in [6.45, 7) is 31.6. The molecule has 32 heavy (non-hydrogen) atoms. The molecular formula is C32H64. The minimum atomic E-state index is 0.803. The standard InChI is InChI=1S/2C11H22.C10H20/c2*1-9(2)6-7-11(5)8-10(3)4;1-9(2)7-5-6-8-10(3)4/h2*7,9-10H,6,8H2,1-5H3;5-6,9-10H,7-8H2,1-4H3. The summed E-state index contributed by atoms with van der Waals surface area (Å²) in [5, 5.41) is 0. The number of hydrogen-bond donors (Lipinski definition) is 0. The quantitative estimate of drug-likeness (QED) is 0.260. The molecule has 0 aliphatic rings. The first-order valence-corrected chi connectivity index (χ1v) is 13.6. The van der Waals surface area contributed by atoms with Crippen molar-refractivity contribution in [1.82, 2.24) is 0 Å². The summed E-state index contributed by atoms with van der Waals surface area (Å²) in [6, 6.07) is 0. The molecule has 0 N–H and O–H groups in total. The lowest BCUT2D eigenvalue weighted by Gasteiger charge is -2.05. The average molecular weight is 449 g/mol. The van der Waals surface area contributed by atoms with Crippen LogP contribution in [0.2, 0.25) is 0 Å². The zero-order valence-electron chi connectivity index (χ0n) is 25.0. The molecule has 0 aromatic rings. The van der Waals surface area contributed by atoms with Gasteiger partial charge in [-0.2, -0.15) is 0 Å². The first-order chi connectivity index (χ1) is 14.7. The molecule has 0 aliphatic heterocycles. The molecule has 0 aliphatic carbocycles. The van der Waals surface area contributed by atoms with Gasteiger partial charge in [-0.1, -0.05) is 119 Å². The van der Waals surface area contributed by atoms with Gasteiger partial charge in [0, 0.05) is 0 Å². The lowest BCUT2D eigenvalue weighted by molar-refractivity contribution is 0.625. The topological polar surface area (TPSA) is 0 Å². The number of rotatable bonds is 12. The van der Waals surface area contributed by atoms with Crippen LogP contribution in [0.3, 0.4) is 0 Å². The van der Waals surface area contributed by atoms with E-state index in [4.69, 9.17) is 0 Å². The largest absolute Gasteiger partial charge is 0.0883 e. The maximum atomic E-state index is 2.38. The minimum absolute atomic E-state index is 0.803. The van der Waals surface area contributed by atoms with Gasteiger partial charge in [-0.3, -0.25) is 0 Å². The highest BCUT2D eigenvalue weighted by Gasteiger charge is 1.97. The van der Waals surface area contributed by atoms with Crippen molar-refractivity contribution in [1.29, 1.82) is 0 Å². The van der Waals surface area contributed by atoms with Gasteiger partial charge in [-0.05, 0) is 87.9 Å². The van der Waals surface area contributed by atoms with Gasteiger partial charge in [0.05, 0.1) is 0 Å². The highest BCUT2D eigenvalue weighted by atomic mass is 14.0. The fourth-order valence-corrected chi connectivity index (χ4v) is 3.07. The summed E-state index contributed by atoms with van der Waals surface area (Å²) < 4.78 is 0. The average Bonchev–Trinajstić information content (AvgIpc) is 2.61. The fourth-order valence-electron chi connectivity index (χ4n) is 3.07. The minimum Gasteiger partial charge on any atom is -0.0883 e. The van der Waals surface area contributed by atoms with Crippen molar-refractivity contribution in [3.05, 3.63) is 35.5 Å². The van der Waals surface area contributed by atoms with Crippen LogP contribution in [0.1, 0.15) is 135 Å². The Balaban J connectivity index is -0.000000395. The second-order valence-corrected chi connectivity index (χ2v) is 12.3. The Morgan fingerprint density at radius 2 is 0.656 bits per heavy atom. The van der Waals surface area contributed by atoms with Crippen molar-refractivity contribution in [2.45, 2.75) is 135 Å². The maximum Gasteiger partial charge on any atom is -0.0300 e. The van der Waals surface area contributed by atoms with Gasteiger partial charge in [0.1, 0.15) is 0 Å². The summed E-state index contributed by atoms with van der Waals surface area (Å²) in [7, 11) is 0. The molecule has 0 heteroatoms. The van der Waals surface area contributed by atoms with E-state index in [0.29, 0.717) is 0 Å². The molecule has 0 atom stereocenters. The van der Waals surface area contributed by atoms with Crippen LogP contribution in [0.4, 0.5) is 0 Å². The first-order valence-electron chi connectivity index (χ1n) is 13.6. The summed E-state index contributed by atoms with van der Waals surface area (Å²) >= 11 is 0. The van der Waals surface area contributed by atoms with Gasteiger partial charge in [0.25, 0.3) is 0 Å². The van der Waals surface area contributed by atoms with Crippen LogP contribution < -0.4 is 0 Å². The molecule has 0 nitrogen and oxygen atoms in total. The molecule has 0 heterocycles. The smallest absolute Gasteiger partial charge is 0.0300 e. The molecule has 0 radical (unpaired) electrons. The maximum absolute atomic E-state index is 2.38. The molecule has 0 rings (SSSR count). The van der Waals surface area contributed by atoms with Crippen LogP contribution in [0.15, 0.2) is 35.5 Å². The third-order valence-electron chi connectivity index (χ3n) is 4.72. The Hall–Kier alpha value is -0.780. The molecule has 0 amide bonds. The van der Waals surface area contributed by atoms with Crippen molar-refractivity contribution in [3.8, 4) is 0 Å². The SMILES string of the molecule is CC(=CCC(C)C)CC(C)C.CC(=CCC(C)C)CC(C)C.CC(C)CC=CCC(C)C. The van der Waals surface area contributed by atoms with Crippen LogP contribution in [0.5, 0.6) is 0 Å². The molecule has 0 saturated heterocycles. The highest BCUT2D eigenvalue weighted by Crippen LogP contribution is 2.13. The van der Waals surface area contributed by atoms with E-state index in [2.05, 4.69) is 121 Å². The van der Waals surface area contributed by atoms with E-state index in [9.17, 15) is 0 Å². The van der Waals surface area contributed by atoms with E-state index in [1.807, 2.05) is 0 Å². The molecule has 0 spiro atoms. The van der Waals surface area contributed by atoms with E-state index < -0.39 is 0 Å². The van der Waals surface area contributed by atoms with Gasteiger partial charge in [0.15, 0.2) is 0 Å². The molecule has 0 aromatic heterocycles. The van der Waals surface area contributed by atoms with E-state index in [-0.39, 0.29) is 0 Å². The van der Waals surface area contributed by atoms with Crippen molar-refractivity contribution < 1.29 is 0 Å². The second kappa shape index (κ2) is 23.4. The molecule has 0 aromatic carbocycles. The monoisotopic (exact) mass is 449 g/mol. The fraction of sp³-hybridized carbons (Fsp3) is 0.812. The summed E-state index contributed by atoms with van der Waals surface area (Å²) in [6.07, 6.45) is 16.8.